The van der Waals surface area contributed by atoms with Crippen LogP contribution in [0.1, 0.15) is 25.2 Å². The normalized spacial score (nSPS) is 11.6. The van der Waals surface area contributed by atoms with Gasteiger partial charge in [-0.25, -0.2) is 9.67 Å². The largest absolute Gasteiger partial charge is 0.320 e. The molecule has 0 saturated carbocycles. The van der Waals surface area contributed by atoms with E-state index >= 15 is 0 Å². The summed E-state index contributed by atoms with van der Waals surface area (Å²) in [6, 6.07) is 0. The minimum absolute atomic E-state index is 0.0850. The number of nitrogens with two attached hydrogens (primary N) is 1. The molecule has 0 spiro atoms. The summed E-state index contributed by atoms with van der Waals surface area (Å²) in [5, 5.41) is 13.0. The first-order valence-electron chi connectivity index (χ1n) is 5.76. The van der Waals surface area contributed by atoms with E-state index in [1.54, 1.807) is 6.20 Å². The van der Waals surface area contributed by atoms with Crippen LogP contribution in [0.4, 0.5) is 5.13 Å². The third kappa shape index (κ3) is 3.58. The molecule has 2 rings (SSSR count). The van der Waals surface area contributed by atoms with E-state index in [0.717, 1.165) is 5.69 Å². The first-order valence-corrected chi connectivity index (χ1v) is 6.64. The van der Waals surface area contributed by atoms with Crippen LogP contribution in [0.15, 0.2) is 11.6 Å². The molecule has 7 nitrogen and oxygen atoms in total. The van der Waals surface area contributed by atoms with Crippen LogP contribution in [0, 0.1) is 6.92 Å². The lowest BCUT2D eigenvalue weighted by Crippen LogP contribution is -2.29. The van der Waals surface area contributed by atoms with Crippen molar-refractivity contribution < 1.29 is 4.79 Å². The van der Waals surface area contributed by atoms with Gasteiger partial charge in [-0.3, -0.25) is 4.79 Å². The summed E-state index contributed by atoms with van der Waals surface area (Å²) >= 11 is 1.39. The van der Waals surface area contributed by atoms with E-state index in [1.165, 1.54) is 16.0 Å². The minimum atomic E-state index is -0.568. The number of carbonyl (C=O) groups excluding carboxylic acids is 1. The fraction of sp³-hybridized carbons (Fsp3) is 0.455. The summed E-state index contributed by atoms with van der Waals surface area (Å²) in [6.45, 7) is 5.63. The van der Waals surface area contributed by atoms with Crippen molar-refractivity contribution in [2.45, 2.75) is 32.9 Å². The van der Waals surface area contributed by atoms with Gasteiger partial charge in [0.25, 0.3) is 0 Å². The highest BCUT2D eigenvalue weighted by molar-refractivity contribution is 7.13. The molecule has 8 heteroatoms. The molecule has 0 radical (unpaired) electrons. The number of hydrogen-bond donors (Lipinski definition) is 2. The number of nitrogens with zero attached hydrogens (tertiary/aromatic N) is 4. The number of amides is 1. The van der Waals surface area contributed by atoms with Gasteiger partial charge in [-0.2, -0.15) is 0 Å². The van der Waals surface area contributed by atoms with Crippen molar-refractivity contribution in [1.82, 2.24) is 20.0 Å². The monoisotopic (exact) mass is 280 g/mol. The average molecular weight is 280 g/mol. The van der Waals surface area contributed by atoms with E-state index in [-0.39, 0.29) is 12.5 Å². The molecule has 0 unspecified atom stereocenters. The zero-order valence-corrected chi connectivity index (χ0v) is 11.9. The summed E-state index contributed by atoms with van der Waals surface area (Å²) in [4.78, 5) is 15.9. The number of rotatable bonds is 4. The van der Waals surface area contributed by atoms with E-state index in [4.69, 9.17) is 5.73 Å². The maximum absolute atomic E-state index is 11.8. The summed E-state index contributed by atoms with van der Waals surface area (Å²) in [6.07, 6.45) is 1.67. The van der Waals surface area contributed by atoms with Gasteiger partial charge in [0.05, 0.1) is 17.4 Å². The lowest BCUT2D eigenvalue weighted by molar-refractivity contribution is -0.116. The van der Waals surface area contributed by atoms with Crippen molar-refractivity contribution in [3.63, 3.8) is 0 Å². The Morgan fingerprint density at radius 3 is 2.84 bits per heavy atom. The zero-order chi connectivity index (χ0) is 14.0. The third-order valence-corrected chi connectivity index (χ3v) is 3.25. The van der Waals surface area contributed by atoms with Crippen LogP contribution >= 0.6 is 11.3 Å². The maximum Gasteiger partial charge on any atom is 0.247 e. The standard InChI is InChI=1S/C11H16N6OS/c1-7-6-19-10(13-7)14-9(18)5-17-4-8(15-16-17)11(2,3)12/h4,6H,5,12H2,1-3H3,(H,13,14,18). The molecule has 3 N–H and O–H groups in total. The van der Waals surface area contributed by atoms with Gasteiger partial charge in [0.2, 0.25) is 5.91 Å². The Labute approximate surface area is 114 Å². The smallest absolute Gasteiger partial charge is 0.247 e. The summed E-state index contributed by atoms with van der Waals surface area (Å²) in [5.74, 6) is -0.194. The molecule has 2 heterocycles. The van der Waals surface area contributed by atoms with Crippen LogP contribution in [0.3, 0.4) is 0 Å². The number of anilines is 1. The second kappa shape index (κ2) is 5.06. The average Bonchev–Trinajstić information content (AvgIpc) is 2.87. The molecule has 102 valence electrons. The molecule has 0 fully saturated rings. The molecule has 0 aliphatic heterocycles. The highest BCUT2D eigenvalue weighted by Gasteiger charge is 2.19. The molecule has 2 aromatic rings. The van der Waals surface area contributed by atoms with Crippen molar-refractivity contribution in [2.24, 2.45) is 5.73 Å². The molecule has 0 atom stereocenters. The number of aromatic nitrogens is 4. The molecule has 2 aromatic heterocycles. The van der Waals surface area contributed by atoms with Gasteiger partial charge in [0.1, 0.15) is 12.2 Å². The molecular formula is C11H16N6OS. The highest BCUT2D eigenvalue weighted by Crippen LogP contribution is 2.15. The Kier molecular flexibility index (Phi) is 3.63. The van der Waals surface area contributed by atoms with Crippen molar-refractivity contribution in [3.05, 3.63) is 23.0 Å². The van der Waals surface area contributed by atoms with Gasteiger partial charge in [-0.05, 0) is 20.8 Å². The second-order valence-corrected chi connectivity index (χ2v) is 5.72. The van der Waals surface area contributed by atoms with Crippen molar-refractivity contribution in [3.8, 4) is 0 Å². The van der Waals surface area contributed by atoms with E-state index < -0.39 is 5.54 Å². The molecule has 0 aliphatic rings. The number of thiazole rings is 1. The summed E-state index contributed by atoms with van der Waals surface area (Å²) in [5.41, 5.74) is 6.86. The number of carbonyl (C=O) groups is 1. The topological polar surface area (TPSA) is 98.7 Å². The molecule has 0 aromatic carbocycles. The van der Waals surface area contributed by atoms with Crippen LogP contribution in [-0.2, 0) is 16.9 Å². The fourth-order valence-corrected chi connectivity index (χ4v) is 2.09. The summed E-state index contributed by atoms with van der Waals surface area (Å²) in [7, 11) is 0. The van der Waals surface area contributed by atoms with E-state index in [1.807, 2.05) is 26.2 Å². The highest BCUT2D eigenvalue weighted by atomic mass is 32.1. The molecule has 19 heavy (non-hydrogen) atoms. The predicted octanol–water partition coefficient (Wildman–Crippen LogP) is 0.876. The summed E-state index contributed by atoms with van der Waals surface area (Å²) < 4.78 is 1.46. The fourth-order valence-electron chi connectivity index (χ4n) is 1.39. The van der Waals surface area contributed by atoms with Gasteiger partial charge >= 0.3 is 0 Å². The van der Waals surface area contributed by atoms with Crippen LogP contribution < -0.4 is 11.1 Å². The van der Waals surface area contributed by atoms with Crippen LogP contribution in [0.2, 0.25) is 0 Å². The SMILES string of the molecule is Cc1csc(NC(=O)Cn2cc(C(C)(C)N)nn2)n1. The zero-order valence-electron chi connectivity index (χ0n) is 11.0. The number of nitrogens with one attached hydrogen (secondary N) is 1. The lowest BCUT2D eigenvalue weighted by atomic mass is 10.0. The van der Waals surface area contributed by atoms with Crippen LogP contribution in [0.25, 0.3) is 0 Å². The van der Waals surface area contributed by atoms with E-state index in [9.17, 15) is 4.79 Å². The Hall–Kier alpha value is -1.80. The Bertz CT molecular complexity index is 582. The lowest BCUT2D eigenvalue weighted by Gasteiger charge is -2.13. The van der Waals surface area contributed by atoms with Gasteiger partial charge in [0, 0.05) is 5.38 Å². The first kappa shape index (κ1) is 13.6. The maximum atomic E-state index is 11.8. The number of hydrogen-bond acceptors (Lipinski definition) is 6. The molecule has 0 saturated heterocycles. The van der Waals surface area contributed by atoms with Crippen molar-refractivity contribution in [1.29, 1.82) is 0 Å². The quantitative estimate of drug-likeness (QED) is 0.866. The van der Waals surface area contributed by atoms with Crippen molar-refractivity contribution >= 4 is 22.4 Å². The van der Waals surface area contributed by atoms with E-state index in [0.29, 0.717) is 10.8 Å². The Morgan fingerprint density at radius 2 is 2.32 bits per heavy atom. The Balaban J connectivity index is 1.97. The van der Waals surface area contributed by atoms with Gasteiger partial charge in [0.15, 0.2) is 5.13 Å². The third-order valence-electron chi connectivity index (χ3n) is 2.37. The first-order chi connectivity index (χ1) is 8.84. The van der Waals surface area contributed by atoms with Crippen LogP contribution in [0.5, 0.6) is 0 Å². The van der Waals surface area contributed by atoms with E-state index in [2.05, 4.69) is 20.6 Å². The predicted molar refractivity (Wildman–Crippen MR) is 72.7 cm³/mol. The molecule has 1 amide bonds. The van der Waals surface area contributed by atoms with Gasteiger partial charge < -0.3 is 11.1 Å². The van der Waals surface area contributed by atoms with Gasteiger partial charge in [-0.1, -0.05) is 5.21 Å². The molecular weight excluding hydrogens is 264 g/mol. The molecule has 0 aliphatic carbocycles. The Morgan fingerprint density at radius 1 is 1.58 bits per heavy atom. The molecule has 0 bridgehead atoms. The second-order valence-electron chi connectivity index (χ2n) is 4.87. The van der Waals surface area contributed by atoms with Gasteiger partial charge in [-0.15, -0.1) is 16.4 Å². The van der Waals surface area contributed by atoms with Crippen LogP contribution in [-0.4, -0.2) is 25.9 Å². The number of aryl methyl sites for hydroxylation is 1. The minimum Gasteiger partial charge on any atom is -0.320 e. The van der Waals surface area contributed by atoms with Crippen molar-refractivity contribution in [2.75, 3.05) is 5.32 Å².